The summed E-state index contributed by atoms with van der Waals surface area (Å²) in [5.41, 5.74) is -1.34. The SMILES string of the molecule is COc1ccc(C(=O)COc2ccc3c(=O)c(-c4ccc(OC)cc4)c(C(F)(F)F)oc3c2)cc1. The third kappa shape index (κ3) is 4.98. The summed E-state index contributed by atoms with van der Waals surface area (Å²) in [7, 11) is 2.92. The summed E-state index contributed by atoms with van der Waals surface area (Å²) < 4.78 is 62.2. The van der Waals surface area contributed by atoms with E-state index < -0.39 is 22.9 Å². The highest BCUT2D eigenvalue weighted by molar-refractivity contribution is 5.97. The van der Waals surface area contributed by atoms with E-state index in [1.54, 1.807) is 24.3 Å². The van der Waals surface area contributed by atoms with Crippen molar-refractivity contribution in [3.05, 3.63) is 88.3 Å². The zero-order valence-electron chi connectivity index (χ0n) is 18.6. The van der Waals surface area contributed by atoms with Gasteiger partial charge in [0.05, 0.1) is 25.2 Å². The van der Waals surface area contributed by atoms with Crippen LogP contribution in [0.5, 0.6) is 17.2 Å². The molecule has 0 saturated heterocycles. The number of hydrogen-bond acceptors (Lipinski definition) is 6. The Morgan fingerprint density at radius 3 is 2.00 bits per heavy atom. The van der Waals surface area contributed by atoms with Crippen LogP contribution >= 0.6 is 0 Å². The number of fused-ring (bicyclic) bond motifs is 1. The molecular weight excluding hydrogens is 465 g/mol. The van der Waals surface area contributed by atoms with Crippen LogP contribution in [0.4, 0.5) is 13.2 Å². The number of halogens is 3. The van der Waals surface area contributed by atoms with Gasteiger partial charge in [-0.2, -0.15) is 13.2 Å². The fourth-order valence-corrected chi connectivity index (χ4v) is 3.49. The molecule has 0 bridgehead atoms. The van der Waals surface area contributed by atoms with E-state index in [1.807, 2.05) is 0 Å². The van der Waals surface area contributed by atoms with E-state index in [4.69, 9.17) is 18.6 Å². The van der Waals surface area contributed by atoms with Crippen molar-refractivity contribution in [2.75, 3.05) is 20.8 Å². The molecular formula is C26H19F3O6. The normalized spacial score (nSPS) is 11.3. The predicted octanol–water partition coefficient (Wildman–Crippen LogP) is 5.76. The van der Waals surface area contributed by atoms with Gasteiger partial charge in [0.2, 0.25) is 11.2 Å². The Morgan fingerprint density at radius 2 is 1.43 bits per heavy atom. The molecule has 1 heterocycles. The molecule has 0 aliphatic rings. The number of Topliss-reactive ketones (excluding diaryl/α,β-unsaturated/α-hetero) is 1. The van der Waals surface area contributed by atoms with Crippen LogP contribution in [0.25, 0.3) is 22.1 Å². The van der Waals surface area contributed by atoms with Crippen LogP contribution in [0.3, 0.4) is 0 Å². The Kier molecular flexibility index (Phi) is 6.50. The molecule has 0 aliphatic carbocycles. The molecule has 1 aromatic heterocycles. The zero-order valence-corrected chi connectivity index (χ0v) is 18.6. The number of methoxy groups -OCH3 is 2. The lowest BCUT2D eigenvalue weighted by molar-refractivity contribution is -0.152. The minimum atomic E-state index is -4.93. The van der Waals surface area contributed by atoms with E-state index >= 15 is 0 Å². The number of alkyl halides is 3. The molecule has 0 aliphatic heterocycles. The van der Waals surface area contributed by atoms with E-state index in [0.717, 1.165) is 6.07 Å². The molecule has 4 rings (SSSR count). The molecule has 0 N–H and O–H groups in total. The third-order valence-electron chi connectivity index (χ3n) is 5.28. The van der Waals surface area contributed by atoms with Gasteiger partial charge in [-0.25, -0.2) is 0 Å². The second kappa shape index (κ2) is 9.54. The van der Waals surface area contributed by atoms with Crippen LogP contribution in [0.15, 0.2) is 75.9 Å². The van der Waals surface area contributed by atoms with Gasteiger partial charge in [0.15, 0.2) is 12.4 Å². The van der Waals surface area contributed by atoms with Crippen molar-refractivity contribution in [1.29, 1.82) is 0 Å². The number of rotatable bonds is 7. The highest BCUT2D eigenvalue weighted by Gasteiger charge is 2.39. The molecule has 35 heavy (non-hydrogen) atoms. The topological polar surface area (TPSA) is 75.0 Å². The summed E-state index contributed by atoms with van der Waals surface area (Å²) in [6.45, 7) is -0.363. The first-order chi connectivity index (χ1) is 16.7. The van der Waals surface area contributed by atoms with Crippen molar-refractivity contribution < 1.29 is 36.6 Å². The van der Waals surface area contributed by atoms with Crippen molar-refractivity contribution in [3.63, 3.8) is 0 Å². The van der Waals surface area contributed by atoms with Crippen LogP contribution in [-0.2, 0) is 6.18 Å². The summed E-state index contributed by atoms with van der Waals surface area (Å²) in [6, 6.07) is 15.9. The Labute approximate surface area is 197 Å². The quantitative estimate of drug-likeness (QED) is 0.311. The molecule has 9 heteroatoms. The van der Waals surface area contributed by atoms with Crippen LogP contribution in [-0.4, -0.2) is 26.6 Å². The van der Waals surface area contributed by atoms with Gasteiger partial charge in [0.1, 0.15) is 22.8 Å². The number of benzene rings is 3. The van der Waals surface area contributed by atoms with Crippen LogP contribution < -0.4 is 19.6 Å². The molecule has 3 aromatic carbocycles. The van der Waals surface area contributed by atoms with Gasteiger partial charge in [-0.15, -0.1) is 0 Å². The molecule has 0 atom stereocenters. The summed E-state index contributed by atoms with van der Waals surface area (Å²) in [4.78, 5) is 25.4. The molecule has 6 nitrogen and oxygen atoms in total. The average molecular weight is 484 g/mol. The number of ether oxygens (including phenoxy) is 3. The van der Waals surface area contributed by atoms with E-state index in [0.29, 0.717) is 17.1 Å². The largest absolute Gasteiger partial charge is 0.497 e. The molecule has 180 valence electrons. The maximum Gasteiger partial charge on any atom is 0.450 e. The van der Waals surface area contributed by atoms with Crippen LogP contribution in [0.2, 0.25) is 0 Å². The van der Waals surface area contributed by atoms with Gasteiger partial charge in [0.25, 0.3) is 0 Å². The minimum absolute atomic E-state index is 0.0409. The molecule has 0 spiro atoms. The smallest absolute Gasteiger partial charge is 0.450 e. The molecule has 0 radical (unpaired) electrons. The Balaban J connectivity index is 1.68. The third-order valence-corrected chi connectivity index (χ3v) is 5.28. The second-order valence-electron chi connectivity index (χ2n) is 7.46. The van der Waals surface area contributed by atoms with E-state index in [1.165, 1.54) is 50.6 Å². The maximum absolute atomic E-state index is 13.8. The lowest BCUT2D eigenvalue weighted by atomic mass is 10.0. The molecule has 0 unspecified atom stereocenters. The van der Waals surface area contributed by atoms with E-state index in [9.17, 15) is 22.8 Å². The van der Waals surface area contributed by atoms with E-state index in [-0.39, 0.29) is 34.7 Å². The molecule has 4 aromatic rings. The van der Waals surface area contributed by atoms with Gasteiger partial charge >= 0.3 is 6.18 Å². The summed E-state index contributed by atoms with van der Waals surface area (Å²) in [6.07, 6.45) is -4.93. The Morgan fingerprint density at radius 1 is 0.857 bits per heavy atom. The second-order valence-corrected chi connectivity index (χ2v) is 7.46. The Bertz CT molecular complexity index is 1420. The van der Waals surface area contributed by atoms with Crippen molar-refractivity contribution in [2.24, 2.45) is 0 Å². The van der Waals surface area contributed by atoms with Gasteiger partial charge in [0, 0.05) is 11.6 Å². The van der Waals surface area contributed by atoms with Crippen molar-refractivity contribution in [2.45, 2.75) is 6.18 Å². The number of hydrogen-bond donors (Lipinski definition) is 0. The fraction of sp³-hybridized carbons (Fsp3) is 0.154. The van der Waals surface area contributed by atoms with Crippen molar-refractivity contribution in [1.82, 2.24) is 0 Å². The molecule has 0 saturated carbocycles. The number of ketones is 1. The average Bonchev–Trinajstić information content (AvgIpc) is 2.86. The van der Waals surface area contributed by atoms with Crippen LogP contribution in [0, 0.1) is 0 Å². The molecule has 0 amide bonds. The lowest BCUT2D eigenvalue weighted by Crippen LogP contribution is -2.16. The number of carbonyl (C=O) groups excluding carboxylic acids is 1. The highest BCUT2D eigenvalue weighted by Crippen LogP contribution is 2.38. The lowest BCUT2D eigenvalue weighted by Gasteiger charge is -2.14. The standard InChI is InChI=1S/C26H19F3O6/c1-32-17-7-3-15(4-8-17)21(30)14-34-19-11-12-20-22(13-19)35-25(26(27,28)29)23(24(20)31)16-5-9-18(33-2)10-6-16/h3-13H,14H2,1-2H3. The van der Waals surface area contributed by atoms with Gasteiger partial charge in [-0.05, 0) is 54.1 Å². The first-order valence-electron chi connectivity index (χ1n) is 10.3. The fourth-order valence-electron chi connectivity index (χ4n) is 3.49. The summed E-state index contributed by atoms with van der Waals surface area (Å²) in [5, 5.41) is -0.0577. The van der Waals surface area contributed by atoms with Gasteiger partial charge in [-0.1, -0.05) is 12.1 Å². The first kappa shape index (κ1) is 23.9. The first-order valence-corrected chi connectivity index (χ1v) is 10.3. The monoisotopic (exact) mass is 484 g/mol. The van der Waals surface area contributed by atoms with Crippen molar-refractivity contribution >= 4 is 16.8 Å². The van der Waals surface area contributed by atoms with Crippen molar-refractivity contribution in [3.8, 4) is 28.4 Å². The zero-order chi connectivity index (χ0) is 25.2. The van der Waals surface area contributed by atoms with E-state index in [2.05, 4.69) is 0 Å². The maximum atomic E-state index is 13.8. The summed E-state index contributed by atoms with van der Waals surface area (Å²) in [5.74, 6) is -0.681. The summed E-state index contributed by atoms with van der Waals surface area (Å²) >= 11 is 0. The van der Waals surface area contributed by atoms with Crippen LogP contribution in [0.1, 0.15) is 16.1 Å². The van der Waals surface area contributed by atoms with Gasteiger partial charge in [-0.3, -0.25) is 9.59 Å². The Hall–Kier alpha value is -4.27. The highest BCUT2D eigenvalue weighted by atomic mass is 19.4. The number of carbonyl (C=O) groups is 1. The minimum Gasteiger partial charge on any atom is -0.497 e. The van der Waals surface area contributed by atoms with Gasteiger partial charge < -0.3 is 18.6 Å². The molecule has 0 fully saturated rings. The predicted molar refractivity (Wildman–Crippen MR) is 122 cm³/mol.